The van der Waals surface area contributed by atoms with Gasteiger partial charge in [0.25, 0.3) is 5.91 Å². The van der Waals surface area contributed by atoms with Crippen molar-refractivity contribution in [1.29, 1.82) is 0 Å². The van der Waals surface area contributed by atoms with Crippen LogP contribution < -0.4 is 5.32 Å². The van der Waals surface area contributed by atoms with E-state index in [-0.39, 0.29) is 17.2 Å². The molecule has 2 heterocycles. The van der Waals surface area contributed by atoms with Crippen LogP contribution >= 0.6 is 34.3 Å². The topological polar surface area (TPSA) is 42.0 Å². The van der Waals surface area contributed by atoms with Crippen molar-refractivity contribution >= 4 is 45.3 Å². The number of benzene rings is 1. The molecule has 0 bridgehead atoms. The molecule has 112 valence electrons. The Kier molecular flexibility index (Phi) is 4.19. The molecule has 0 saturated carbocycles. The van der Waals surface area contributed by atoms with Crippen LogP contribution in [-0.2, 0) is 0 Å². The molecule has 22 heavy (non-hydrogen) atoms. The highest BCUT2D eigenvalue weighted by molar-refractivity contribution is 7.18. The van der Waals surface area contributed by atoms with Crippen LogP contribution in [-0.4, -0.2) is 10.9 Å². The van der Waals surface area contributed by atoms with Gasteiger partial charge in [0.05, 0.1) is 14.9 Å². The molecule has 2 aromatic heterocycles. The average molecular weight is 357 g/mol. The Morgan fingerprint density at radius 3 is 2.77 bits per heavy atom. The van der Waals surface area contributed by atoms with Crippen LogP contribution in [0.5, 0.6) is 0 Å². The van der Waals surface area contributed by atoms with Crippen molar-refractivity contribution < 1.29 is 13.6 Å². The molecule has 0 spiro atoms. The maximum atomic E-state index is 13.7. The highest BCUT2D eigenvalue weighted by Gasteiger charge is 2.14. The second-order valence-electron chi connectivity index (χ2n) is 4.22. The van der Waals surface area contributed by atoms with E-state index in [9.17, 15) is 13.6 Å². The maximum absolute atomic E-state index is 13.7. The number of thiazole rings is 1. The standard InChI is InChI=1S/C14H7ClF2N2OS2/c15-12-4-3-11(22-12)13(20)19-14-18-10(6-21-14)8-5-7(16)1-2-9(8)17/h1-6H,(H,18,19,20). The normalized spacial score (nSPS) is 10.7. The number of nitrogens with zero attached hydrogens (tertiary/aromatic N) is 1. The van der Waals surface area contributed by atoms with E-state index in [2.05, 4.69) is 10.3 Å². The first-order valence-electron chi connectivity index (χ1n) is 6.00. The molecule has 0 saturated heterocycles. The molecule has 0 aliphatic rings. The molecule has 1 N–H and O–H groups in total. The predicted molar refractivity (Wildman–Crippen MR) is 84.7 cm³/mol. The fourth-order valence-electron chi connectivity index (χ4n) is 1.74. The van der Waals surface area contributed by atoms with Gasteiger partial charge in [0.1, 0.15) is 11.6 Å². The molecule has 8 heteroatoms. The summed E-state index contributed by atoms with van der Waals surface area (Å²) in [6.07, 6.45) is 0. The molecule has 3 nitrogen and oxygen atoms in total. The summed E-state index contributed by atoms with van der Waals surface area (Å²) in [5.74, 6) is -1.48. The molecule has 0 atom stereocenters. The van der Waals surface area contributed by atoms with Crippen molar-refractivity contribution in [2.75, 3.05) is 5.32 Å². The van der Waals surface area contributed by atoms with E-state index in [1.54, 1.807) is 17.5 Å². The van der Waals surface area contributed by atoms with E-state index in [1.807, 2.05) is 0 Å². The van der Waals surface area contributed by atoms with E-state index in [4.69, 9.17) is 11.6 Å². The van der Waals surface area contributed by atoms with Gasteiger partial charge in [-0.25, -0.2) is 13.8 Å². The lowest BCUT2D eigenvalue weighted by atomic mass is 10.1. The van der Waals surface area contributed by atoms with Gasteiger partial charge in [0, 0.05) is 10.9 Å². The zero-order chi connectivity index (χ0) is 15.7. The fraction of sp³-hybridized carbons (Fsp3) is 0. The minimum atomic E-state index is -0.574. The minimum absolute atomic E-state index is 0.0518. The SMILES string of the molecule is O=C(Nc1nc(-c2cc(F)ccc2F)cs1)c1ccc(Cl)s1. The lowest BCUT2D eigenvalue weighted by Crippen LogP contribution is -2.09. The average Bonchev–Trinajstić information content (AvgIpc) is 3.11. The summed E-state index contributed by atoms with van der Waals surface area (Å²) >= 11 is 8.04. The van der Waals surface area contributed by atoms with Gasteiger partial charge >= 0.3 is 0 Å². The molecular formula is C14H7ClF2N2OS2. The number of carbonyl (C=O) groups excluding carboxylic acids is 1. The summed E-state index contributed by atoms with van der Waals surface area (Å²) < 4.78 is 27.4. The van der Waals surface area contributed by atoms with Crippen LogP contribution in [0.1, 0.15) is 9.67 Å². The van der Waals surface area contributed by atoms with Gasteiger partial charge in [0.15, 0.2) is 5.13 Å². The molecule has 1 aromatic carbocycles. The molecule has 1 amide bonds. The summed E-state index contributed by atoms with van der Waals surface area (Å²) in [5, 5.41) is 4.45. The summed E-state index contributed by atoms with van der Waals surface area (Å²) in [7, 11) is 0. The van der Waals surface area contributed by atoms with Gasteiger partial charge in [-0.1, -0.05) is 11.6 Å². The van der Waals surface area contributed by atoms with Crippen molar-refractivity contribution in [2.24, 2.45) is 0 Å². The Labute approximate surface area is 137 Å². The third kappa shape index (κ3) is 3.16. The number of anilines is 1. The zero-order valence-corrected chi connectivity index (χ0v) is 13.2. The van der Waals surface area contributed by atoms with Gasteiger partial charge in [0.2, 0.25) is 0 Å². The summed E-state index contributed by atoms with van der Waals surface area (Å²) in [6, 6.07) is 6.36. The third-order valence-electron chi connectivity index (χ3n) is 2.73. The van der Waals surface area contributed by atoms with Crippen molar-refractivity contribution in [3.05, 3.63) is 56.6 Å². The van der Waals surface area contributed by atoms with Crippen LogP contribution in [0.4, 0.5) is 13.9 Å². The minimum Gasteiger partial charge on any atom is -0.297 e. The molecule has 0 radical (unpaired) electrons. The second-order valence-corrected chi connectivity index (χ2v) is 6.79. The zero-order valence-electron chi connectivity index (χ0n) is 10.8. The second kappa shape index (κ2) is 6.12. The lowest BCUT2D eigenvalue weighted by Gasteiger charge is -2.00. The number of aromatic nitrogens is 1. The molecule has 0 unspecified atom stereocenters. The molecule has 0 aliphatic carbocycles. The van der Waals surface area contributed by atoms with E-state index < -0.39 is 11.6 Å². The van der Waals surface area contributed by atoms with Gasteiger partial charge in [-0.2, -0.15) is 0 Å². The number of halogens is 3. The van der Waals surface area contributed by atoms with Gasteiger partial charge < -0.3 is 0 Å². The van der Waals surface area contributed by atoms with E-state index in [1.165, 1.54) is 0 Å². The van der Waals surface area contributed by atoms with Crippen LogP contribution in [0.3, 0.4) is 0 Å². The molecular weight excluding hydrogens is 350 g/mol. The summed E-state index contributed by atoms with van der Waals surface area (Å²) in [6.45, 7) is 0. The number of rotatable bonds is 3. The monoisotopic (exact) mass is 356 g/mol. The van der Waals surface area contributed by atoms with E-state index in [0.717, 1.165) is 40.9 Å². The molecule has 0 aliphatic heterocycles. The van der Waals surface area contributed by atoms with Gasteiger partial charge in [-0.15, -0.1) is 22.7 Å². The first-order chi connectivity index (χ1) is 10.5. The van der Waals surface area contributed by atoms with Crippen molar-refractivity contribution in [3.63, 3.8) is 0 Å². The summed E-state index contributed by atoms with van der Waals surface area (Å²) in [4.78, 5) is 16.5. The number of nitrogens with one attached hydrogen (secondary N) is 1. The highest BCUT2D eigenvalue weighted by atomic mass is 35.5. The Balaban J connectivity index is 1.82. The lowest BCUT2D eigenvalue weighted by molar-refractivity contribution is 0.103. The first-order valence-corrected chi connectivity index (χ1v) is 8.08. The van der Waals surface area contributed by atoms with Crippen molar-refractivity contribution in [3.8, 4) is 11.3 Å². The predicted octanol–water partition coefficient (Wildman–Crippen LogP) is 5.06. The Hall–Kier alpha value is -1.83. The highest BCUT2D eigenvalue weighted by Crippen LogP contribution is 2.28. The number of hydrogen-bond acceptors (Lipinski definition) is 4. The first kappa shape index (κ1) is 15.1. The van der Waals surface area contributed by atoms with E-state index in [0.29, 0.717) is 14.3 Å². The van der Waals surface area contributed by atoms with Crippen LogP contribution in [0.2, 0.25) is 4.34 Å². The van der Waals surface area contributed by atoms with Crippen molar-refractivity contribution in [2.45, 2.75) is 0 Å². The van der Waals surface area contributed by atoms with Gasteiger partial charge in [-0.05, 0) is 30.3 Å². The van der Waals surface area contributed by atoms with Crippen LogP contribution in [0.25, 0.3) is 11.3 Å². The number of thiophene rings is 1. The Bertz CT molecular complexity index is 847. The Morgan fingerprint density at radius 1 is 1.23 bits per heavy atom. The third-order valence-corrected chi connectivity index (χ3v) is 4.71. The van der Waals surface area contributed by atoms with Crippen molar-refractivity contribution in [1.82, 2.24) is 4.98 Å². The van der Waals surface area contributed by atoms with Crippen LogP contribution in [0.15, 0.2) is 35.7 Å². The molecule has 3 aromatic rings. The number of hydrogen-bond donors (Lipinski definition) is 1. The fourth-order valence-corrected chi connectivity index (χ4v) is 3.39. The Morgan fingerprint density at radius 2 is 2.05 bits per heavy atom. The summed E-state index contributed by atoms with van der Waals surface area (Å²) in [5.41, 5.74) is 0.317. The number of carbonyl (C=O) groups is 1. The van der Waals surface area contributed by atoms with Crippen LogP contribution in [0, 0.1) is 11.6 Å². The number of amides is 1. The van der Waals surface area contributed by atoms with Gasteiger partial charge in [-0.3, -0.25) is 10.1 Å². The largest absolute Gasteiger partial charge is 0.297 e. The van der Waals surface area contributed by atoms with E-state index >= 15 is 0 Å². The quantitative estimate of drug-likeness (QED) is 0.713. The molecule has 0 fully saturated rings. The smallest absolute Gasteiger partial charge is 0.267 e. The molecule has 3 rings (SSSR count). The maximum Gasteiger partial charge on any atom is 0.267 e.